The monoisotopic (exact) mass is 275 g/mol. The molecule has 0 radical (unpaired) electrons. The lowest BCUT2D eigenvalue weighted by Gasteiger charge is -2.09. The van der Waals surface area contributed by atoms with Gasteiger partial charge in [0, 0.05) is 10.9 Å². The van der Waals surface area contributed by atoms with Crippen LogP contribution in [-0.2, 0) is 13.0 Å². The van der Waals surface area contributed by atoms with E-state index in [1.807, 2.05) is 17.5 Å². The third-order valence-electron chi connectivity index (χ3n) is 3.82. The zero-order chi connectivity index (χ0) is 13.1. The molecule has 1 saturated carbocycles. The topological polar surface area (TPSA) is 40.7 Å². The van der Waals surface area contributed by atoms with Gasteiger partial charge in [0.15, 0.2) is 0 Å². The van der Waals surface area contributed by atoms with E-state index < -0.39 is 0 Å². The van der Waals surface area contributed by atoms with Crippen LogP contribution in [0.25, 0.3) is 10.6 Å². The van der Waals surface area contributed by atoms with Gasteiger partial charge in [0.2, 0.25) is 0 Å². The van der Waals surface area contributed by atoms with Crippen LogP contribution >= 0.6 is 11.3 Å². The van der Waals surface area contributed by atoms with Gasteiger partial charge in [-0.3, -0.25) is 0 Å². The van der Waals surface area contributed by atoms with Crippen LogP contribution in [0.4, 0.5) is 0 Å². The summed E-state index contributed by atoms with van der Waals surface area (Å²) >= 11 is 1.85. The predicted molar refractivity (Wildman–Crippen MR) is 80.4 cm³/mol. The molecule has 0 bridgehead atoms. The summed E-state index contributed by atoms with van der Waals surface area (Å²) in [6.45, 7) is 3.05. The molecule has 0 aromatic carbocycles. The Bertz CT molecular complexity index is 523. The summed E-state index contributed by atoms with van der Waals surface area (Å²) in [7, 11) is 0. The van der Waals surface area contributed by atoms with Crippen molar-refractivity contribution in [2.24, 2.45) is 0 Å². The van der Waals surface area contributed by atoms with Gasteiger partial charge in [-0.05, 0) is 31.4 Å². The molecule has 19 heavy (non-hydrogen) atoms. The zero-order valence-corrected chi connectivity index (χ0v) is 12.2. The Morgan fingerprint density at radius 1 is 1.37 bits per heavy atom. The molecule has 102 valence electrons. The third-order valence-corrected chi connectivity index (χ3v) is 5.08. The van der Waals surface area contributed by atoms with Crippen molar-refractivity contribution in [3.8, 4) is 10.6 Å². The summed E-state index contributed by atoms with van der Waals surface area (Å²) in [6, 6.07) is 5.09. The lowest BCUT2D eigenvalue weighted by molar-refractivity contribution is 0.515. The van der Waals surface area contributed by atoms with Crippen molar-refractivity contribution in [3.05, 3.63) is 29.0 Å². The first-order valence-electron chi connectivity index (χ1n) is 7.21. The van der Waals surface area contributed by atoms with Gasteiger partial charge < -0.3 is 10.3 Å². The molecule has 0 atom stereocenters. The molecule has 1 aliphatic carbocycles. The van der Waals surface area contributed by atoms with E-state index in [2.05, 4.69) is 34.3 Å². The summed E-state index contributed by atoms with van der Waals surface area (Å²) in [6.07, 6.45) is 8.44. The average Bonchev–Trinajstić information content (AvgIpc) is 3.16. The summed E-state index contributed by atoms with van der Waals surface area (Å²) in [4.78, 5) is 10.6. The molecule has 0 amide bonds. The lowest BCUT2D eigenvalue weighted by Crippen LogP contribution is -2.25. The quantitative estimate of drug-likeness (QED) is 0.873. The molecule has 3 rings (SSSR count). The van der Waals surface area contributed by atoms with E-state index in [0.717, 1.165) is 24.5 Å². The number of aromatic nitrogens is 2. The minimum absolute atomic E-state index is 0.696. The Kier molecular flexibility index (Phi) is 3.99. The highest BCUT2D eigenvalue weighted by molar-refractivity contribution is 7.15. The van der Waals surface area contributed by atoms with Crippen molar-refractivity contribution in [1.29, 1.82) is 0 Å². The summed E-state index contributed by atoms with van der Waals surface area (Å²) in [5.41, 5.74) is 1.15. The highest BCUT2D eigenvalue weighted by Crippen LogP contribution is 2.27. The van der Waals surface area contributed by atoms with Gasteiger partial charge >= 0.3 is 0 Å². The Morgan fingerprint density at radius 2 is 2.21 bits per heavy atom. The number of thiophene rings is 1. The van der Waals surface area contributed by atoms with Gasteiger partial charge in [-0.25, -0.2) is 4.98 Å². The van der Waals surface area contributed by atoms with E-state index in [9.17, 15) is 0 Å². The maximum Gasteiger partial charge on any atom is 0.120 e. The molecule has 0 saturated heterocycles. The Hall–Kier alpha value is -1.13. The maximum absolute atomic E-state index is 4.48. The molecule has 0 spiro atoms. The van der Waals surface area contributed by atoms with Gasteiger partial charge in [0.1, 0.15) is 5.82 Å². The van der Waals surface area contributed by atoms with E-state index in [0.29, 0.717) is 6.04 Å². The van der Waals surface area contributed by atoms with Crippen molar-refractivity contribution in [3.63, 3.8) is 0 Å². The molecular weight excluding hydrogens is 254 g/mol. The molecule has 1 fully saturated rings. The number of aromatic amines is 1. The molecule has 2 heterocycles. The number of nitrogens with one attached hydrogen (secondary N) is 2. The second kappa shape index (κ2) is 5.88. The lowest BCUT2D eigenvalue weighted by atomic mass is 10.2. The van der Waals surface area contributed by atoms with E-state index in [-0.39, 0.29) is 0 Å². The van der Waals surface area contributed by atoms with Crippen molar-refractivity contribution in [1.82, 2.24) is 15.3 Å². The van der Waals surface area contributed by atoms with Crippen LogP contribution in [-0.4, -0.2) is 16.0 Å². The first-order chi connectivity index (χ1) is 9.35. The molecule has 0 aliphatic heterocycles. The SMILES string of the molecule is CCc1ccc(-c2cnc(CNC3CCCC3)[nH]2)s1. The van der Waals surface area contributed by atoms with Crippen molar-refractivity contribution in [2.75, 3.05) is 0 Å². The van der Waals surface area contributed by atoms with Crippen molar-refractivity contribution in [2.45, 2.75) is 51.6 Å². The fraction of sp³-hybridized carbons (Fsp3) is 0.533. The third kappa shape index (κ3) is 3.07. The number of H-pyrrole nitrogens is 1. The maximum atomic E-state index is 4.48. The van der Waals surface area contributed by atoms with E-state index in [1.165, 1.54) is 35.4 Å². The van der Waals surface area contributed by atoms with Gasteiger partial charge in [-0.1, -0.05) is 19.8 Å². The van der Waals surface area contributed by atoms with Crippen LogP contribution in [0.2, 0.25) is 0 Å². The van der Waals surface area contributed by atoms with Crippen LogP contribution < -0.4 is 5.32 Å². The Morgan fingerprint density at radius 3 is 2.95 bits per heavy atom. The first kappa shape index (κ1) is 12.9. The van der Waals surface area contributed by atoms with Crippen LogP contribution in [0.3, 0.4) is 0 Å². The van der Waals surface area contributed by atoms with Gasteiger partial charge in [0.25, 0.3) is 0 Å². The highest BCUT2D eigenvalue weighted by atomic mass is 32.1. The number of aryl methyl sites for hydroxylation is 1. The summed E-state index contributed by atoms with van der Waals surface area (Å²) < 4.78 is 0. The van der Waals surface area contributed by atoms with E-state index in [1.54, 1.807) is 0 Å². The second-order valence-electron chi connectivity index (χ2n) is 5.23. The van der Waals surface area contributed by atoms with Crippen LogP contribution in [0, 0.1) is 0 Å². The van der Waals surface area contributed by atoms with Crippen molar-refractivity contribution < 1.29 is 0 Å². The van der Waals surface area contributed by atoms with Crippen LogP contribution in [0.1, 0.15) is 43.3 Å². The van der Waals surface area contributed by atoms with Gasteiger partial charge in [0.05, 0.1) is 23.3 Å². The van der Waals surface area contributed by atoms with Crippen molar-refractivity contribution >= 4 is 11.3 Å². The molecule has 4 heteroatoms. The minimum atomic E-state index is 0.696. The second-order valence-corrected chi connectivity index (χ2v) is 6.39. The van der Waals surface area contributed by atoms with Gasteiger partial charge in [-0.2, -0.15) is 0 Å². The first-order valence-corrected chi connectivity index (χ1v) is 8.03. The molecule has 3 nitrogen and oxygen atoms in total. The Balaban J connectivity index is 1.62. The molecular formula is C15H21N3S. The summed E-state index contributed by atoms with van der Waals surface area (Å²) in [5, 5.41) is 3.59. The smallest absolute Gasteiger partial charge is 0.120 e. The van der Waals surface area contributed by atoms with Crippen LogP contribution in [0.15, 0.2) is 18.3 Å². The molecule has 2 aromatic heterocycles. The van der Waals surface area contributed by atoms with Crippen LogP contribution in [0.5, 0.6) is 0 Å². The fourth-order valence-corrected chi connectivity index (χ4v) is 3.57. The van der Waals surface area contributed by atoms with Gasteiger partial charge in [-0.15, -0.1) is 11.3 Å². The number of hydrogen-bond donors (Lipinski definition) is 2. The number of imidazole rings is 1. The Labute approximate surface area is 118 Å². The van der Waals surface area contributed by atoms with E-state index in [4.69, 9.17) is 0 Å². The molecule has 0 unspecified atom stereocenters. The molecule has 1 aliphatic rings. The molecule has 2 aromatic rings. The van der Waals surface area contributed by atoms with E-state index >= 15 is 0 Å². The zero-order valence-electron chi connectivity index (χ0n) is 11.4. The largest absolute Gasteiger partial charge is 0.340 e. The fourth-order valence-electron chi connectivity index (χ4n) is 2.66. The average molecular weight is 275 g/mol. The summed E-state index contributed by atoms with van der Waals surface area (Å²) in [5.74, 6) is 1.05. The molecule has 2 N–H and O–H groups in total. The normalized spacial score (nSPS) is 16.3. The standard InChI is InChI=1S/C15H21N3S/c1-2-12-7-8-14(19-12)13-9-17-15(18-13)10-16-11-5-3-4-6-11/h7-9,11,16H,2-6,10H2,1H3,(H,17,18). The minimum Gasteiger partial charge on any atom is -0.340 e. The number of nitrogens with zero attached hydrogens (tertiary/aromatic N) is 1. The number of hydrogen-bond acceptors (Lipinski definition) is 3. The predicted octanol–water partition coefficient (Wildman–Crippen LogP) is 3.73. The highest BCUT2D eigenvalue weighted by Gasteiger charge is 2.14. The number of rotatable bonds is 5.